The molecule has 8 heteroatoms. The molecule has 38 heavy (non-hydrogen) atoms. The predicted octanol–water partition coefficient (Wildman–Crippen LogP) is 13.0. The lowest BCUT2D eigenvalue weighted by Gasteiger charge is -2.90. The summed E-state index contributed by atoms with van der Waals surface area (Å²) in [5.74, 6) is 0. The Morgan fingerprint density at radius 1 is 0.395 bits per heavy atom. The molecule has 0 radical (unpaired) electrons. The van der Waals surface area contributed by atoms with Crippen LogP contribution in [0.1, 0.15) is 138 Å². The van der Waals surface area contributed by atoms with Crippen LogP contribution in [0.25, 0.3) is 0 Å². The average molecular weight is 759 g/mol. The van der Waals surface area contributed by atoms with E-state index in [9.17, 15) is 0 Å². The van der Waals surface area contributed by atoms with Gasteiger partial charge in [-0.15, -0.1) is 30.6 Å². The molecule has 2 atom stereocenters. The molecule has 1 heterocycles. The van der Waals surface area contributed by atoms with E-state index in [1.165, 1.54) is 0 Å². The maximum Gasteiger partial charge on any atom is 0.124 e. The first kappa shape index (κ1) is 38.3. The first-order chi connectivity index (χ1) is 16.9. The second-order valence-electron chi connectivity index (χ2n) is 16.4. The maximum absolute atomic E-state index is 5.29. The fraction of sp³-hybridized carbons (Fsp3) is 1.00. The van der Waals surface area contributed by atoms with Crippen LogP contribution in [0.5, 0.6) is 0 Å². The van der Waals surface area contributed by atoms with Gasteiger partial charge in [0.2, 0.25) is 0 Å². The first-order valence-electron chi connectivity index (χ1n) is 16.3. The summed E-state index contributed by atoms with van der Waals surface area (Å²) >= 11 is 10.3. The lowest BCUT2D eigenvalue weighted by Crippen LogP contribution is -3.16. The summed E-state index contributed by atoms with van der Waals surface area (Å²) in [5, 5.41) is 0. The standard InChI is InChI=1S/C30H70Br2Si6/c1-21(2)33(31,22(3)4)34(23(5)6,24(7)8)38(30(19)20)36(27(13)14,28(15)16)35(25(9)10,26(11)12)37(38,32)29(17)18/h21-30H,1-20H3/t37-,38+/m0/s1. The molecule has 0 N–H and O–H groups in total. The van der Waals surface area contributed by atoms with E-state index in [2.05, 4.69) is 138 Å². The molecule has 1 fully saturated rings. The Morgan fingerprint density at radius 2 is 0.684 bits per heavy atom. The van der Waals surface area contributed by atoms with Crippen molar-refractivity contribution in [1.29, 1.82) is 0 Å². The van der Waals surface area contributed by atoms with E-state index in [1.54, 1.807) is 0 Å². The first-order valence-corrected chi connectivity index (χ1v) is 39.6. The van der Waals surface area contributed by atoms with Gasteiger partial charge in [0.25, 0.3) is 0 Å². The van der Waals surface area contributed by atoms with E-state index in [0.717, 1.165) is 55.4 Å². The molecule has 0 amide bonds. The minimum atomic E-state index is -1.89. The quantitative estimate of drug-likeness (QED) is 0.137. The Morgan fingerprint density at radius 3 is 0.842 bits per heavy atom. The van der Waals surface area contributed by atoms with E-state index in [-0.39, 0.29) is 0 Å². The summed E-state index contributed by atoms with van der Waals surface area (Å²) in [7, 11) is -5.32. The highest BCUT2D eigenvalue weighted by molar-refractivity contribution is 9.32. The van der Waals surface area contributed by atoms with Crippen LogP contribution in [-0.2, 0) is 0 Å². The van der Waals surface area contributed by atoms with Crippen LogP contribution in [0.15, 0.2) is 0 Å². The van der Waals surface area contributed by atoms with Crippen LogP contribution in [-0.4, -0.2) is 39.9 Å². The van der Waals surface area contributed by atoms with E-state index >= 15 is 0 Å². The minimum absolute atomic E-state index is 0.792. The van der Waals surface area contributed by atoms with Crippen molar-refractivity contribution >= 4 is 70.5 Å². The number of rotatable bonds is 12. The molecule has 0 aromatic rings. The smallest absolute Gasteiger partial charge is 0.124 e. The van der Waals surface area contributed by atoms with Crippen molar-refractivity contribution in [2.75, 3.05) is 0 Å². The van der Waals surface area contributed by atoms with Crippen molar-refractivity contribution in [3.63, 3.8) is 0 Å². The van der Waals surface area contributed by atoms with Gasteiger partial charge in [-0.2, -0.15) is 0 Å². The van der Waals surface area contributed by atoms with Gasteiger partial charge in [0.1, 0.15) is 11.9 Å². The van der Waals surface area contributed by atoms with Gasteiger partial charge in [-0.3, -0.25) is 0 Å². The average Bonchev–Trinajstić information content (AvgIpc) is 2.71. The summed E-state index contributed by atoms with van der Waals surface area (Å²) in [4.78, 5) is 0. The molecule has 1 aliphatic heterocycles. The summed E-state index contributed by atoms with van der Waals surface area (Å²) in [6.45, 7) is 53.0. The molecule has 1 rings (SSSR count). The van der Waals surface area contributed by atoms with Gasteiger partial charge in [0, 0.05) is 13.7 Å². The number of hydrogen-bond acceptors (Lipinski definition) is 0. The molecule has 0 aliphatic carbocycles. The zero-order chi connectivity index (χ0) is 30.8. The molecule has 228 valence electrons. The number of hydrogen-bond donors (Lipinski definition) is 0. The van der Waals surface area contributed by atoms with Crippen LogP contribution in [0.3, 0.4) is 0 Å². The Bertz CT molecular complexity index is 773. The van der Waals surface area contributed by atoms with E-state index < -0.39 is 39.9 Å². The lowest BCUT2D eigenvalue weighted by molar-refractivity contribution is 0.863. The summed E-state index contributed by atoms with van der Waals surface area (Å²) in [6, 6.07) is 0. The maximum atomic E-state index is 5.29. The van der Waals surface area contributed by atoms with Crippen molar-refractivity contribution in [3.8, 4) is 0 Å². The monoisotopic (exact) mass is 756 g/mol. The molecule has 0 aromatic carbocycles. The summed E-state index contributed by atoms with van der Waals surface area (Å²) < 4.78 is 0. The van der Waals surface area contributed by atoms with Crippen LogP contribution < -0.4 is 0 Å². The van der Waals surface area contributed by atoms with Gasteiger partial charge >= 0.3 is 0 Å². The fourth-order valence-corrected chi connectivity index (χ4v) is 373. The molecule has 0 saturated carbocycles. The molecule has 0 aromatic heterocycles. The van der Waals surface area contributed by atoms with Crippen molar-refractivity contribution < 1.29 is 0 Å². The molecule has 1 aliphatic rings. The van der Waals surface area contributed by atoms with Crippen molar-refractivity contribution in [3.05, 3.63) is 0 Å². The van der Waals surface area contributed by atoms with Gasteiger partial charge in [-0.05, 0) is 16.6 Å². The van der Waals surface area contributed by atoms with Crippen LogP contribution in [0.2, 0.25) is 55.4 Å². The van der Waals surface area contributed by atoms with Crippen LogP contribution in [0.4, 0.5) is 0 Å². The molecule has 1 saturated heterocycles. The molecule has 0 nitrogen and oxygen atoms in total. The SMILES string of the molecule is CC(C)[Si](Br)(C(C)C)[Si](C(C)C)(C(C)C)[Si@]1(C(C)C)[Si](C(C)C)(C(C)C)[Si](C(C)C)(C(C)C)[Si@@]1(Br)C(C)C. The second kappa shape index (κ2) is 12.3. The van der Waals surface area contributed by atoms with E-state index in [4.69, 9.17) is 30.6 Å². The Kier molecular flexibility index (Phi) is 12.4. The van der Waals surface area contributed by atoms with Gasteiger partial charge in [0.05, 0.1) is 14.2 Å². The van der Waals surface area contributed by atoms with Crippen molar-refractivity contribution in [2.24, 2.45) is 0 Å². The minimum Gasteiger partial charge on any atom is -0.134 e. The lowest BCUT2D eigenvalue weighted by atomic mass is 10.5. The zero-order valence-corrected chi connectivity index (χ0v) is 38.7. The van der Waals surface area contributed by atoms with Crippen LogP contribution >= 0.6 is 30.6 Å². The van der Waals surface area contributed by atoms with E-state index in [1.807, 2.05) is 0 Å². The predicted molar refractivity (Wildman–Crippen MR) is 203 cm³/mol. The topological polar surface area (TPSA) is 0 Å². The Hall–Kier alpha value is 2.26. The molecule has 0 bridgehead atoms. The van der Waals surface area contributed by atoms with Gasteiger partial charge < -0.3 is 0 Å². The van der Waals surface area contributed by atoms with E-state index in [0.29, 0.717) is 0 Å². The molecule has 0 spiro atoms. The third-order valence-corrected chi connectivity index (χ3v) is 201. The van der Waals surface area contributed by atoms with Gasteiger partial charge in [-0.25, -0.2) is 0 Å². The zero-order valence-electron chi connectivity index (χ0n) is 29.5. The molecular weight excluding hydrogens is 689 g/mol. The Balaban J connectivity index is 5.04. The summed E-state index contributed by atoms with van der Waals surface area (Å²) in [5.41, 5.74) is 6.79. The highest BCUT2D eigenvalue weighted by Gasteiger charge is 2.98. The Labute approximate surface area is 262 Å². The van der Waals surface area contributed by atoms with Crippen molar-refractivity contribution in [1.82, 2.24) is 0 Å². The van der Waals surface area contributed by atoms with Crippen molar-refractivity contribution in [2.45, 2.75) is 194 Å². The molecule has 0 unspecified atom stereocenters. The third-order valence-electron chi connectivity index (χ3n) is 12.6. The second-order valence-corrected chi connectivity index (χ2v) is 91.8. The molecular formula is C30H70Br2Si6. The summed E-state index contributed by atoms with van der Waals surface area (Å²) in [6.07, 6.45) is -1.85. The van der Waals surface area contributed by atoms with Gasteiger partial charge in [0.15, 0.2) is 0 Å². The highest BCUT2D eigenvalue weighted by Crippen LogP contribution is 2.79. The largest absolute Gasteiger partial charge is 0.134 e. The normalized spacial score (nSPS) is 26.5. The highest BCUT2D eigenvalue weighted by atomic mass is 79.9. The van der Waals surface area contributed by atoms with Gasteiger partial charge in [-0.1, -0.05) is 177 Å². The number of halogens is 2. The fourth-order valence-electron chi connectivity index (χ4n) is 13.5. The third kappa shape index (κ3) is 3.93. The van der Waals surface area contributed by atoms with Crippen LogP contribution in [0, 0.1) is 0 Å².